The van der Waals surface area contributed by atoms with Gasteiger partial charge in [0.05, 0.1) is 25.4 Å². The second-order valence-corrected chi connectivity index (χ2v) is 6.44. The smallest absolute Gasteiger partial charge is 0.370 e. The maximum Gasteiger partial charge on any atom is 0.401 e. The van der Waals surface area contributed by atoms with Crippen molar-refractivity contribution in [1.29, 1.82) is 0 Å². The largest absolute Gasteiger partial charge is 0.401 e. The molecule has 1 saturated heterocycles. The molecule has 7 nitrogen and oxygen atoms in total. The summed E-state index contributed by atoms with van der Waals surface area (Å²) in [6.07, 6.45) is -7.99. The molecule has 0 aromatic heterocycles. The summed E-state index contributed by atoms with van der Waals surface area (Å²) in [4.78, 5) is 25.6. The fourth-order valence-corrected chi connectivity index (χ4v) is 2.91. The Bertz CT molecular complexity index is 761. The highest BCUT2D eigenvalue weighted by Gasteiger charge is 2.37. The van der Waals surface area contributed by atoms with Crippen LogP contribution in [0.3, 0.4) is 0 Å². The summed E-state index contributed by atoms with van der Waals surface area (Å²) >= 11 is 0. The number of rotatable bonds is 8. The summed E-state index contributed by atoms with van der Waals surface area (Å²) in [6, 6.07) is 1.63. The molecule has 0 saturated carbocycles. The number of benzene rings is 1. The average Bonchev–Trinajstić information content (AvgIpc) is 2.62. The highest BCUT2D eigenvalue weighted by atomic mass is 19.4. The molecule has 168 valence electrons. The van der Waals surface area contributed by atoms with Crippen molar-refractivity contribution >= 4 is 23.2 Å². The van der Waals surface area contributed by atoms with Crippen molar-refractivity contribution < 1.29 is 40.7 Å². The first kappa shape index (κ1) is 23.9. The first-order valence-corrected chi connectivity index (χ1v) is 8.79. The van der Waals surface area contributed by atoms with Crippen LogP contribution in [0.2, 0.25) is 0 Å². The molecular formula is C17H20F6N4O3. The molecule has 1 aliphatic heterocycles. The number of morpholine rings is 1. The average molecular weight is 442 g/mol. The zero-order valence-corrected chi connectivity index (χ0v) is 15.6. The predicted molar refractivity (Wildman–Crippen MR) is 94.7 cm³/mol. The number of nitrogens with two attached hydrogens (primary N) is 1. The topological polar surface area (TPSA) is 87.9 Å². The lowest BCUT2D eigenvalue weighted by Gasteiger charge is -2.30. The quantitative estimate of drug-likeness (QED) is 0.597. The van der Waals surface area contributed by atoms with Crippen LogP contribution in [0.1, 0.15) is 0 Å². The van der Waals surface area contributed by atoms with Crippen molar-refractivity contribution in [1.82, 2.24) is 4.90 Å². The number of nitrogens with one attached hydrogen (secondary N) is 1. The van der Waals surface area contributed by atoms with Crippen LogP contribution >= 0.6 is 0 Å². The van der Waals surface area contributed by atoms with E-state index in [1.165, 1.54) is 11.0 Å². The number of anilines is 2. The second-order valence-electron chi connectivity index (χ2n) is 6.44. The molecule has 1 heterocycles. The molecule has 1 fully saturated rings. The van der Waals surface area contributed by atoms with Crippen molar-refractivity contribution in [3.63, 3.8) is 0 Å². The van der Waals surface area contributed by atoms with Crippen LogP contribution in [-0.2, 0) is 14.3 Å². The molecule has 0 radical (unpaired) electrons. The molecule has 0 aliphatic carbocycles. The third-order valence-corrected chi connectivity index (χ3v) is 4.23. The zero-order chi connectivity index (χ0) is 22.5. The molecule has 1 aromatic rings. The predicted octanol–water partition coefficient (Wildman–Crippen LogP) is 1.58. The minimum atomic E-state index is -4.85. The minimum absolute atomic E-state index is 0.169. The van der Waals surface area contributed by atoms with Gasteiger partial charge in [-0.3, -0.25) is 14.5 Å². The van der Waals surface area contributed by atoms with Crippen LogP contribution in [0.5, 0.6) is 0 Å². The van der Waals surface area contributed by atoms with Crippen molar-refractivity contribution in [3.05, 3.63) is 24.0 Å². The van der Waals surface area contributed by atoms with Crippen molar-refractivity contribution in [2.45, 2.75) is 18.6 Å². The van der Waals surface area contributed by atoms with E-state index in [-0.39, 0.29) is 30.3 Å². The molecule has 3 N–H and O–H groups in total. The number of amides is 2. The summed E-state index contributed by atoms with van der Waals surface area (Å²) in [6.45, 7) is -3.54. The van der Waals surface area contributed by atoms with Gasteiger partial charge in [0.1, 0.15) is 18.5 Å². The van der Waals surface area contributed by atoms with Gasteiger partial charge in [-0.1, -0.05) is 0 Å². The van der Waals surface area contributed by atoms with Crippen LogP contribution in [0.25, 0.3) is 0 Å². The van der Waals surface area contributed by atoms with E-state index in [1.807, 2.05) is 0 Å². The fraction of sp³-hybridized carbons (Fsp3) is 0.529. The van der Waals surface area contributed by atoms with E-state index in [0.717, 1.165) is 12.1 Å². The molecule has 0 spiro atoms. The lowest BCUT2D eigenvalue weighted by atomic mass is 10.2. The van der Waals surface area contributed by atoms with Crippen LogP contribution < -0.4 is 16.0 Å². The van der Waals surface area contributed by atoms with Gasteiger partial charge < -0.3 is 20.7 Å². The summed E-state index contributed by atoms with van der Waals surface area (Å²) in [7, 11) is 0. The summed E-state index contributed by atoms with van der Waals surface area (Å²) in [5.74, 6) is -2.53. The highest BCUT2D eigenvalue weighted by molar-refractivity contribution is 5.97. The standard InChI is InChI=1S/C17H20F6N4O3/c18-11-5-10(27-3-4-30-8-15(27)28)1-2-12(11)25-16(29)13(6-24)26(7-14(19)20)9-17(21,22)23/h1-2,5,13-14H,3-4,6-9,24H2,(H,25,29)/t13-/m0/s1. The van der Waals surface area contributed by atoms with Crippen LogP contribution in [0.4, 0.5) is 37.7 Å². The zero-order valence-electron chi connectivity index (χ0n) is 15.6. The van der Waals surface area contributed by atoms with E-state index in [2.05, 4.69) is 5.32 Å². The summed E-state index contributed by atoms with van der Waals surface area (Å²) in [5, 5.41) is 2.07. The maximum absolute atomic E-state index is 14.4. The van der Waals surface area contributed by atoms with Crippen molar-refractivity contribution in [2.24, 2.45) is 5.73 Å². The molecule has 2 rings (SSSR count). The maximum atomic E-state index is 14.4. The molecule has 13 heteroatoms. The molecule has 0 unspecified atom stereocenters. The van der Waals surface area contributed by atoms with Gasteiger partial charge in [-0.15, -0.1) is 0 Å². The normalized spacial score (nSPS) is 16.3. The molecule has 2 amide bonds. The van der Waals surface area contributed by atoms with Gasteiger partial charge in [0.15, 0.2) is 0 Å². The third kappa shape index (κ3) is 6.57. The monoisotopic (exact) mass is 442 g/mol. The Labute approximate surface area is 167 Å². The molecule has 30 heavy (non-hydrogen) atoms. The van der Waals surface area contributed by atoms with E-state index in [0.29, 0.717) is 0 Å². The number of carbonyl (C=O) groups is 2. The summed E-state index contributed by atoms with van der Waals surface area (Å²) < 4.78 is 82.8. The van der Waals surface area contributed by atoms with Gasteiger partial charge in [-0.2, -0.15) is 13.2 Å². The SMILES string of the molecule is NC[C@@H](C(=O)Nc1ccc(N2CCOCC2=O)cc1F)N(CC(F)F)CC(F)(F)F. The van der Waals surface area contributed by atoms with Gasteiger partial charge >= 0.3 is 6.18 Å². The Morgan fingerprint density at radius 1 is 1.33 bits per heavy atom. The van der Waals surface area contributed by atoms with E-state index >= 15 is 0 Å². The van der Waals surface area contributed by atoms with Gasteiger partial charge in [0.2, 0.25) is 5.91 Å². The number of hydrogen-bond acceptors (Lipinski definition) is 5. The van der Waals surface area contributed by atoms with E-state index in [4.69, 9.17) is 10.5 Å². The molecule has 1 aliphatic rings. The van der Waals surface area contributed by atoms with E-state index < -0.39 is 61.6 Å². The lowest BCUT2D eigenvalue weighted by molar-refractivity contribution is -0.157. The number of nitrogens with zero attached hydrogens (tertiary/aromatic N) is 2. The van der Waals surface area contributed by atoms with Gasteiger partial charge in [0.25, 0.3) is 12.3 Å². The Morgan fingerprint density at radius 3 is 2.57 bits per heavy atom. The van der Waals surface area contributed by atoms with E-state index in [9.17, 15) is 35.9 Å². The number of ether oxygens (including phenoxy) is 1. The molecule has 1 aromatic carbocycles. The first-order chi connectivity index (χ1) is 14.0. The number of alkyl halides is 5. The van der Waals surface area contributed by atoms with Gasteiger partial charge in [-0.25, -0.2) is 13.2 Å². The van der Waals surface area contributed by atoms with Crippen molar-refractivity contribution in [2.75, 3.05) is 49.6 Å². The summed E-state index contributed by atoms with van der Waals surface area (Å²) in [5.41, 5.74) is 5.14. The van der Waals surface area contributed by atoms with E-state index in [1.54, 1.807) is 0 Å². The first-order valence-electron chi connectivity index (χ1n) is 8.79. The fourth-order valence-electron chi connectivity index (χ4n) is 2.91. The Hall–Kier alpha value is -2.38. The van der Waals surface area contributed by atoms with Gasteiger partial charge in [-0.05, 0) is 18.2 Å². The number of carbonyl (C=O) groups excluding carboxylic acids is 2. The minimum Gasteiger partial charge on any atom is -0.370 e. The number of hydrogen-bond donors (Lipinski definition) is 2. The lowest BCUT2D eigenvalue weighted by Crippen LogP contribution is -2.53. The van der Waals surface area contributed by atoms with Gasteiger partial charge in [0, 0.05) is 18.8 Å². The molecule has 0 bridgehead atoms. The van der Waals surface area contributed by atoms with Crippen molar-refractivity contribution in [3.8, 4) is 0 Å². The van der Waals surface area contributed by atoms with Crippen LogP contribution in [0.15, 0.2) is 18.2 Å². The third-order valence-electron chi connectivity index (χ3n) is 4.23. The Morgan fingerprint density at radius 2 is 2.03 bits per heavy atom. The molecule has 1 atom stereocenters. The second kappa shape index (κ2) is 10.1. The Balaban J connectivity index is 2.16. The van der Waals surface area contributed by atoms with Crippen LogP contribution in [-0.4, -0.2) is 74.8 Å². The Kier molecular flexibility index (Phi) is 8.03. The number of halogens is 6. The van der Waals surface area contributed by atoms with Crippen LogP contribution in [0, 0.1) is 5.82 Å². The highest BCUT2D eigenvalue weighted by Crippen LogP contribution is 2.24. The molecular weight excluding hydrogens is 422 g/mol.